The molecule has 1 aliphatic heterocycles. The van der Waals surface area contributed by atoms with Crippen molar-refractivity contribution in [1.82, 2.24) is 9.88 Å². The second kappa shape index (κ2) is 9.60. The standard InChI is InChI=1S/C20H21FN2O5S/c1-2-27-20(26)17-22-16(12-29-17)11-28-19(25)14-7-9-23(10-8-14)18(24)13-3-5-15(21)6-4-13/h3-6,12,14H,2,7-11H2,1H3. The molecule has 2 aromatic rings. The number of esters is 2. The van der Waals surface area contributed by atoms with Crippen molar-refractivity contribution in [2.75, 3.05) is 19.7 Å². The minimum absolute atomic E-state index is 0.0105. The highest BCUT2D eigenvalue weighted by molar-refractivity contribution is 7.11. The lowest BCUT2D eigenvalue weighted by molar-refractivity contribution is -0.151. The van der Waals surface area contributed by atoms with Crippen LogP contribution in [0.4, 0.5) is 4.39 Å². The van der Waals surface area contributed by atoms with E-state index in [-0.39, 0.29) is 36.0 Å². The number of hydrogen-bond acceptors (Lipinski definition) is 7. The number of nitrogens with zero attached hydrogens (tertiary/aromatic N) is 2. The van der Waals surface area contributed by atoms with Gasteiger partial charge in [-0.05, 0) is 44.0 Å². The summed E-state index contributed by atoms with van der Waals surface area (Å²) in [6.45, 7) is 2.83. The van der Waals surface area contributed by atoms with Gasteiger partial charge in [-0.2, -0.15) is 0 Å². The number of hydrogen-bond donors (Lipinski definition) is 0. The summed E-state index contributed by atoms with van der Waals surface area (Å²) in [5.74, 6) is -1.70. The van der Waals surface area contributed by atoms with Gasteiger partial charge in [-0.1, -0.05) is 0 Å². The van der Waals surface area contributed by atoms with E-state index in [1.165, 1.54) is 24.3 Å². The molecule has 1 aromatic heterocycles. The van der Waals surface area contributed by atoms with E-state index in [1.54, 1.807) is 17.2 Å². The van der Waals surface area contributed by atoms with Gasteiger partial charge in [0.1, 0.15) is 12.4 Å². The van der Waals surface area contributed by atoms with Crippen molar-refractivity contribution in [2.45, 2.75) is 26.4 Å². The minimum Gasteiger partial charge on any atom is -0.461 e. The Morgan fingerprint density at radius 2 is 1.86 bits per heavy atom. The fourth-order valence-corrected chi connectivity index (χ4v) is 3.71. The molecule has 9 heteroatoms. The van der Waals surface area contributed by atoms with Gasteiger partial charge in [0.05, 0.1) is 18.2 Å². The molecule has 1 amide bonds. The monoisotopic (exact) mass is 420 g/mol. The molecule has 1 aliphatic rings. The Hall–Kier alpha value is -2.81. The van der Waals surface area contributed by atoms with Crippen LogP contribution in [0.5, 0.6) is 0 Å². The second-order valence-electron chi connectivity index (χ2n) is 6.55. The second-order valence-corrected chi connectivity index (χ2v) is 7.40. The van der Waals surface area contributed by atoms with Crippen molar-refractivity contribution in [3.05, 3.63) is 51.7 Å². The highest BCUT2D eigenvalue weighted by atomic mass is 32.1. The van der Waals surface area contributed by atoms with Crippen LogP contribution >= 0.6 is 11.3 Å². The maximum absolute atomic E-state index is 13.0. The summed E-state index contributed by atoms with van der Waals surface area (Å²) in [5, 5.41) is 1.88. The van der Waals surface area contributed by atoms with Crippen LogP contribution in [0.15, 0.2) is 29.6 Å². The van der Waals surface area contributed by atoms with Gasteiger partial charge >= 0.3 is 11.9 Å². The fourth-order valence-electron chi connectivity index (χ4n) is 3.02. The molecule has 0 radical (unpaired) electrons. The Morgan fingerprint density at radius 1 is 1.17 bits per heavy atom. The van der Waals surface area contributed by atoms with Crippen LogP contribution in [0.3, 0.4) is 0 Å². The first-order chi connectivity index (χ1) is 14.0. The van der Waals surface area contributed by atoms with Crippen molar-refractivity contribution in [3.63, 3.8) is 0 Å². The third-order valence-corrected chi connectivity index (χ3v) is 5.44. The SMILES string of the molecule is CCOC(=O)c1nc(COC(=O)C2CCN(C(=O)c3ccc(F)cc3)CC2)cs1. The van der Waals surface area contributed by atoms with Crippen LogP contribution in [-0.4, -0.2) is 47.4 Å². The number of rotatable bonds is 6. The number of amides is 1. The van der Waals surface area contributed by atoms with Crippen LogP contribution in [0.2, 0.25) is 0 Å². The van der Waals surface area contributed by atoms with Crippen LogP contribution < -0.4 is 0 Å². The number of likely N-dealkylation sites (tertiary alicyclic amines) is 1. The molecule has 7 nitrogen and oxygen atoms in total. The molecule has 1 aromatic carbocycles. The van der Waals surface area contributed by atoms with Gasteiger partial charge in [0, 0.05) is 24.0 Å². The van der Waals surface area contributed by atoms with Crippen LogP contribution in [0, 0.1) is 11.7 Å². The number of thiazole rings is 1. The smallest absolute Gasteiger partial charge is 0.367 e. The Bertz CT molecular complexity index is 875. The first kappa shape index (κ1) is 20.9. The molecule has 29 heavy (non-hydrogen) atoms. The summed E-state index contributed by atoms with van der Waals surface area (Å²) >= 11 is 1.14. The summed E-state index contributed by atoms with van der Waals surface area (Å²) in [6, 6.07) is 5.42. The van der Waals surface area contributed by atoms with E-state index in [2.05, 4.69) is 4.98 Å². The molecule has 0 aliphatic carbocycles. The van der Waals surface area contributed by atoms with Crippen LogP contribution in [-0.2, 0) is 20.9 Å². The normalized spacial score (nSPS) is 14.5. The molecule has 154 valence electrons. The molecule has 0 atom stereocenters. The van der Waals surface area contributed by atoms with E-state index >= 15 is 0 Å². The molecular formula is C20H21FN2O5S. The van der Waals surface area contributed by atoms with Gasteiger partial charge in [0.15, 0.2) is 0 Å². The predicted molar refractivity (Wildman–Crippen MR) is 103 cm³/mol. The molecule has 1 fully saturated rings. The van der Waals surface area contributed by atoms with Gasteiger partial charge < -0.3 is 14.4 Å². The zero-order valence-corrected chi connectivity index (χ0v) is 16.7. The molecule has 0 N–H and O–H groups in total. The van der Waals surface area contributed by atoms with Crippen molar-refractivity contribution >= 4 is 29.2 Å². The maximum atomic E-state index is 13.0. The Balaban J connectivity index is 1.46. The third kappa shape index (κ3) is 5.38. The van der Waals surface area contributed by atoms with Crippen molar-refractivity contribution in [1.29, 1.82) is 0 Å². The van der Waals surface area contributed by atoms with Crippen molar-refractivity contribution < 1.29 is 28.2 Å². The van der Waals surface area contributed by atoms with Crippen molar-refractivity contribution in [3.8, 4) is 0 Å². The lowest BCUT2D eigenvalue weighted by Crippen LogP contribution is -2.40. The Labute approximate surface area is 171 Å². The van der Waals surface area contributed by atoms with E-state index < -0.39 is 11.8 Å². The third-order valence-electron chi connectivity index (χ3n) is 4.57. The van der Waals surface area contributed by atoms with Crippen LogP contribution in [0.1, 0.15) is 45.6 Å². The van der Waals surface area contributed by atoms with Crippen molar-refractivity contribution in [2.24, 2.45) is 5.92 Å². The number of ether oxygens (including phenoxy) is 2. The maximum Gasteiger partial charge on any atom is 0.367 e. The van der Waals surface area contributed by atoms with E-state index in [9.17, 15) is 18.8 Å². The summed E-state index contributed by atoms with van der Waals surface area (Å²) in [6.07, 6.45) is 0.994. The average Bonchev–Trinajstić information content (AvgIpc) is 3.22. The number of carbonyl (C=O) groups is 3. The molecule has 0 saturated carbocycles. The molecule has 2 heterocycles. The predicted octanol–water partition coefficient (Wildman–Crippen LogP) is 3.05. The molecule has 0 bridgehead atoms. The summed E-state index contributed by atoms with van der Waals surface area (Å²) in [5.41, 5.74) is 0.920. The van der Waals surface area contributed by atoms with Crippen LogP contribution in [0.25, 0.3) is 0 Å². The number of benzene rings is 1. The summed E-state index contributed by atoms with van der Waals surface area (Å²) < 4.78 is 23.2. The topological polar surface area (TPSA) is 85.8 Å². The first-order valence-corrected chi connectivity index (χ1v) is 10.2. The quantitative estimate of drug-likeness (QED) is 0.668. The first-order valence-electron chi connectivity index (χ1n) is 9.31. The lowest BCUT2D eigenvalue weighted by atomic mass is 9.96. The fraction of sp³-hybridized carbons (Fsp3) is 0.400. The molecule has 3 rings (SSSR count). The molecule has 0 spiro atoms. The lowest BCUT2D eigenvalue weighted by Gasteiger charge is -2.31. The highest BCUT2D eigenvalue weighted by Gasteiger charge is 2.29. The van der Waals surface area contributed by atoms with Gasteiger partial charge in [-0.3, -0.25) is 9.59 Å². The summed E-state index contributed by atoms with van der Waals surface area (Å²) in [7, 11) is 0. The molecular weight excluding hydrogens is 399 g/mol. The van der Waals surface area contributed by atoms with Gasteiger partial charge in [-0.15, -0.1) is 11.3 Å². The Kier molecular flexibility index (Phi) is 6.92. The molecule has 1 saturated heterocycles. The minimum atomic E-state index is -0.492. The van der Waals surface area contributed by atoms with Gasteiger partial charge in [-0.25, -0.2) is 14.2 Å². The zero-order valence-electron chi connectivity index (χ0n) is 15.9. The van der Waals surface area contributed by atoms with Gasteiger partial charge in [0.2, 0.25) is 5.01 Å². The summed E-state index contributed by atoms with van der Waals surface area (Å²) in [4.78, 5) is 42.1. The van der Waals surface area contributed by atoms with Gasteiger partial charge in [0.25, 0.3) is 5.91 Å². The Morgan fingerprint density at radius 3 is 2.52 bits per heavy atom. The number of aromatic nitrogens is 1. The van der Waals surface area contributed by atoms with E-state index in [0.29, 0.717) is 37.2 Å². The van der Waals surface area contributed by atoms with E-state index in [1.807, 2.05) is 0 Å². The van der Waals surface area contributed by atoms with E-state index in [4.69, 9.17) is 9.47 Å². The number of halogens is 1. The number of piperidine rings is 1. The number of carbonyl (C=O) groups excluding carboxylic acids is 3. The zero-order chi connectivity index (χ0) is 20.8. The largest absolute Gasteiger partial charge is 0.461 e. The highest BCUT2D eigenvalue weighted by Crippen LogP contribution is 2.21. The molecule has 0 unspecified atom stereocenters. The average molecular weight is 420 g/mol. The van der Waals surface area contributed by atoms with E-state index in [0.717, 1.165) is 11.3 Å².